The van der Waals surface area contributed by atoms with Gasteiger partial charge in [0, 0.05) is 11.8 Å². The predicted octanol–water partition coefficient (Wildman–Crippen LogP) is 2.79. The Kier molecular flexibility index (Phi) is 6.20. The molecule has 0 fully saturated rings. The maximum atomic E-state index is 13.4. The van der Waals surface area contributed by atoms with Crippen LogP contribution in [-0.2, 0) is 14.3 Å². The minimum atomic E-state index is -0.597. The third-order valence-corrected chi connectivity index (χ3v) is 6.65. The first-order valence-electron chi connectivity index (χ1n) is 9.90. The molecular weight excluding hydrogens is 448 g/mol. The lowest BCUT2D eigenvalue weighted by Gasteiger charge is -2.23. The molecule has 0 unspecified atom stereocenters. The number of allylic oxidation sites excluding steroid dienone is 1. The van der Waals surface area contributed by atoms with E-state index in [1.807, 2.05) is 23.6 Å². The number of rotatable bonds is 5. The minimum absolute atomic E-state index is 0.232. The second kappa shape index (κ2) is 9.05. The Balaban J connectivity index is 1.88. The third-order valence-electron chi connectivity index (χ3n) is 4.75. The van der Waals surface area contributed by atoms with Crippen molar-refractivity contribution in [2.45, 2.75) is 26.8 Å². The number of benzene rings is 1. The molecule has 0 radical (unpaired) electrons. The molecular formula is C23H20N2O5S2. The lowest BCUT2D eigenvalue weighted by molar-refractivity contribution is -0.139. The smallest absolute Gasteiger partial charge is 0.338 e. The van der Waals surface area contributed by atoms with Crippen molar-refractivity contribution >= 4 is 40.7 Å². The van der Waals surface area contributed by atoms with Crippen LogP contribution in [0.5, 0.6) is 5.75 Å². The largest absolute Gasteiger partial charge is 0.463 e. The molecule has 1 aromatic carbocycles. The molecule has 164 valence electrons. The molecule has 0 bridgehead atoms. The Morgan fingerprint density at radius 1 is 1.25 bits per heavy atom. The van der Waals surface area contributed by atoms with Crippen LogP contribution in [0.1, 0.15) is 37.3 Å². The summed E-state index contributed by atoms with van der Waals surface area (Å²) in [6.45, 7) is 5.06. The molecule has 7 nitrogen and oxygen atoms in total. The molecule has 32 heavy (non-hydrogen) atoms. The first-order chi connectivity index (χ1) is 15.4. The monoisotopic (exact) mass is 468 g/mol. The first kappa shape index (κ1) is 21.9. The van der Waals surface area contributed by atoms with E-state index in [4.69, 9.17) is 9.47 Å². The Labute approximate surface area is 191 Å². The zero-order valence-electron chi connectivity index (χ0n) is 17.7. The van der Waals surface area contributed by atoms with Gasteiger partial charge in [-0.15, -0.1) is 11.3 Å². The number of hydrogen-bond acceptors (Lipinski definition) is 8. The fourth-order valence-electron chi connectivity index (χ4n) is 3.49. The highest BCUT2D eigenvalue weighted by Crippen LogP contribution is 2.33. The standard InChI is InChI=1S/C23H20N2O5S2/c1-4-29-22(28)19-13(2)24-23-25(20(19)17-9-6-10-31-17)21(27)18(32-23)12-15-7-5-8-16(11-15)30-14(3)26/h5-12,20H,4H2,1-3H3/b18-12+/t20-/m1/s1. The molecule has 0 N–H and O–H groups in total. The molecule has 1 atom stereocenters. The summed E-state index contributed by atoms with van der Waals surface area (Å²) >= 11 is 2.71. The van der Waals surface area contributed by atoms with Crippen molar-refractivity contribution in [2.75, 3.05) is 6.61 Å². The van der Waals surface area contributed by atoms with Crippen LogP contribution in [0.15, 0.2) is 62.8 Å². The van der Waals surface area contributed by atoms with E-state index in [9.17, 15) is 14.4 Å². The molecule has 1 aliphatic rings. The fourth-order valence-corrected chi connectivity index (χ4v) is 5.36. The van der Waals surface area contributed by atoms with Crippen LogP contribution in [0.25, 0.3) is 6.08 Å². The Morgan fingerprint density at radius 2 is 2.06 bits per heavy atom. The van der Waals surface area contributed by atoms with Gasteiger partial charge in [-0.3, -0.25) is 14.2 Å². The van der Waals surface area contributed by atoms with Crippen molar-refractivity contribution < 1.29 is 19.1 Å². The molecule has 1 aliphatic heterocycles. The SMILES string of the molecule is CCOC(=O)C1=C(C)N=c2s/c(=C/c3cccc(OC(C)=O)c3)c(=O)n2[C@@H]1c1cccs1. The zero-order chi connectivity index (χ0) is 22.8. The van der Waals surface area contributed by atoms with E-state index in [1.54, 1.807) is 42.7 Å². The summed E-state index contributed by atoms with van der Waals surface area (Å²) in [7, 11) is 0. The van der Waals surface area contributed by atoms with Gasteiger partial charge >= 0.3 is 11.9 Å². The van der Waals surface area contributed by atoms with Crippen LogP contribution >= 0.6 is 22.7 Å². The highest BCUT2D eigenvalue weighted by molar-refractivity contribution is 7.10. The van der Waals surface area contributed by atoms with Gasteiger partial charge in [0.25, 0.3) is 5.56 Å². The van der Waals surface area contributed by atoms with Gasteiger partial charge in [0.05, 0.1) is 22.4 Å². The van der Waals surface area contributed by atoms with Crippen LogP contribution < -0.4 is 19.6 Å². The van der Waals surface area contributed by atoms with Crippen LogP contribution in [-0.4, -0.2) is 23.1 Å². The number of nitrogens with zero attached hydrogens (tertiary/aromatic N) is 2. The maximum Gasteiger partial charge on any atom is 0.338 e. The van der Waals surface area contributed by atoms with E-state index in [1.165, 1.54) is 29.6 Å². The summed E-state index contributed by atoms with van der Waals surface area (Å²) in [6, 6.07) is 10.1. The molecule has 0 spiro atoms. The minimum Gasteiger partial charge on any atom is -0.463 e. The number of aromatic nitrogens is 1. The summed E-state index contributed by atoms with van der Waals surface area (Å²) in [4.78, 5) is 43.4. The van der Waals surface area contributed by atoms with Crippen LogP contribution in [0.4, 0.5) is 0 Å². The molecule has 0 saturated heterocycles. The van der Waals surface area contributed by atoms with Crippen LogP contribution in [0, 0.1) is 0 Å². The van der Waals surface area contributed by atoms with Gasteiger partial charge < -0.3 is 9.47 Å². The van der Waals surface area contributed by atoms with Gasteiger partial charge in [-0.25, -0.2) is 9.79 Å². The first-order valence-corrected chi connectivity index (χ1v) is 11.6. The van der Waals surface area contributed by atoms with Gasteiger partial charge in [0.15, 0.2) is 4.80 Å². The van der Waals surface area contributed by atoms with Crippen molar-refractivity contribution in [2.24, 2.45) is 4.99 Å². The van der Waals surface area contributed by atoms with E-state index < -0.39 is 18.0 Å². The van der Waals surface area contributed by atoms with Gasteiger partial charge in [0.1, 0.15) is 11.8 Å². The van der Waals surface area contributed by atoms with Crippen LogP contribution in [0.3, 0.4) is 0 Å². The summed E-state index contributed by atoms with van der Waals surface area (Å²) in [5, 5.41) is 1.91. The highest BCUT2D eigenvalue weighted by atomic mass is 32.1. The van der Waals surface area contributed by atoms with Crippen molar-refractivity contribution in [3.8, 4) is 5.75 Å². The molecule has 0 aliphatic carbocycles. The summed E-state index contributed by atoms with van der Waals surface area (Å²) in [6.07, 6.45) is 1.73. The number of hydrogen-bond donors (Lipinski definition) is 0. The van der Waals surface area contributed by atoms with Gasteiger partial charge in [0.2, 0.25) is 0 Å². The van der Waals surface area contributed by atoms with Crippen LogP contribution in [0.2, 0.25) is 0 Å². The van der Waals surface area contributed by atoms with Gasteiger partial charge in [-0.05, 0) is 49.1 Å². The molecule has 3 aromatic rings. The molecule has 2 aromatic heterocycles. The highest BCUT2D eigenvalue weighted by Gasteiger charge is 2.33. The van der Waals surface area contributed by atoms with E-state index in [0.29, 0.717) is 31.9 Å². The fraction of sp³-hybridized carbons (Fsp3) is 0.217. The van der Waals surface area contributed by atoms with Gasteiger partial charge in [-0.1, -0.05) is 29.5 Å². The number of ether oxygens (including phenoxy) is 2. The van der Waals surface area contributed by atoms with E-state index in [0.717, 1.165) is 4.88 Å². The van der Waals surface area contributed by atoms with Crippen molar-refractivity contribution in [1.82, 2.24) is 4.57 Å². The number of thiophene rings is 1. The lowest BCUT2D eigenvalue weighted by atomic mass is 10.0. The average Bonchev–Trinajstić information content (AvgIpc) is 3.36. The van der Waals surface area contributed by atoms with Crippen molar-refractivity contribution in [3.05, 3.63) is 83.2 Å². The van der Waals surface area contributed by atoms with Gasteiger partial charge in [-0.2, -0.15) is 0 Å². The van der Waals surface area contributed by atoms with Crippen molar-refractivity contribution in [1.29, 1.82) is 0 Å². The average molecular weight is 469 g/mol. The molecule has 3 heterocycles. The zero-order valence-corrected chi connectivity index (χ0v) is 19.3. The third kappa shape index (κ3) is 4.21. The molecule has 0 saturated carbocycles. The summed E-state index contributed by atoms with van der Waals surface area (Å²) < 4.78 is 12.4. The maximum absolute atomic E-state index is 13.4. The quantitative estimate of drug-likeness (QED) is 0.425. The Bertz CT molecular complexity index is 1400. The van der Waals surface area contributed by atoms with E-state index in [-0.39, 0.29) is 12.2 Å². The Morgan fingerprint density at radius 3 is 2.75 bits per heavy atom. The predicted molar refractivity (Wildman–Crippen MR) is 122 cm³/mol. The lowest BCUT2D eigenvalue weighted by Crippen LogP contribution is -2.39. The number of carbonyl (C=O) groups is 2. The summed E-state index contributed by atoms with van der Waals surface area (Å²) in [5.41, 5.74) is 1.36. The number of esters is 2. The van der Waals surface area contributed by atoms with E-state index >= 15 is 0 Å². The normalized spacial score (nSPS) is 15.8. The molecule has 0 amide bonds. The number of carbonyl (C=O) groups excluding carboxylic acids is 2. The second-order valence-electron chi connectivity index (χ2n) is 6.98. The number of thiazole rings is 1. The summed E-state index contributed by atoms with van der Waals surface area (Å²) in [5.74, 6) is -0.495. The second-order valence-corrected chi connectivity index (χ2v) is 8.97. The van der Waals surface area contributed by atoms with Crippen molar-refractivity contribution in [3.63, 3.8) is 0 Å². The molecule has 4 rings (SSSR count). The Hall–Kier alpha value is -3.30. The topological polar surface area (TPSA) is 87.0 Å². The molecule has 9 heteroatoms. The number of fused-ring (bicyclic) bond motifs is 1. The van der Waals surface area contributed by atoms with E-state index in [2.05, 4.69) is 4.99 Å².